The highest BCUT2D eigenvalue weighted by Gasteiger charge is 2.43. The van der Waals surface area contributed by atoms with Crippen molar-refractivity contribution in [2.75, 3.05) is 18.8 Å². The van der Waals surface area contributed by atoms with Crippen LogP contribution in [0.15, 0.2) is 24.4 Å². The number of benzene rings is 1. The summed E-state index contributed by atoms with van der Waals surface area (Å²) in [6, 6.07) is 5.77. The molecular weight excluding hydrogens is 343 g/mol. The SMILES string of the molecule is Nc1ncc2c(n1)C1(CCCN(Cc3cc(Cl)cc(Cl)c3)C1)CC2. The minimum atomic E-state index is 0.118. The van der Waals surface area contributed by atoms with Crippen LogP contribution < -0.4 is 5.73 Å². The van der Waals surface area contributed by atoms with Crippen molar-refractivity contribution < 1.29 is 0 Å². The lowest BCUT2D eigenvalue weighted by molar-refractivity contribution is 0.137. The van der Waals surface area contributed by atoms with E-state index in [0.717, 1.165) is 44.5 Å². The summed E-state index contributed by atoms with van der Waals surface area (Å²) in [5.74, 6) is 0.383. The molecular formula is C18H20Cl2N4. The van der Waals surface area contributed by atoms with Crippen molar-refractivity contribution >= 4 is 29.2 Å². The molecule has 126 valence electrons. The maximum atomic E-state index is 6.14. The normalized spacial score (nSPS) is 23.6. The van der Waals surface area contributed by atoms with E-state index in [1.54, 1.807) is 6.07 Å². The Kier molecular flexibility index (Phi) is 4.15. The van der Waals surface area contributed by atoms with E-state index >= 15 is 0 Å². The Hall–Kier alpha value is -1.36. The van der Waals surface area contributed by atoms with E-state index in [2.05, 4.69) is 14.9 Å². The van der Waals surface area contributed by atoms with Gasteiger partial charge in [0.25, 0.3) is 0 Å². The van der Waals surface area contributed by atoms with E-state index in [1.165, 1.54) is 17.7 Å². The molecule has 6 heteroatoms. The lowest BCUT2D eigenvalue weighted by atomic mass is 9.77. The zero-order valence-corrected chi connectivity index (χ0v) is 14.9. The highest BCUT2D eigenvalue weighted by molar-refractivity contribution is 6.34. The molecule has 2 heterocycles. The monoisotopic (exact) mass is 362 g/mol. The topological polar surface area (TPSA) is 55.0 Å². The molecule has 1 atom stereocenters. The van der Waals surface area contributed by atoms with Crippen LogP contribution in [0.2, 0.25) is 10.0 Å². The van der Waals surface area contributed by atoms with E-state index in [4.69, 9.17) is 28.9 Å². The van der Waals surface area contributed by atoms with Crippen LogP contribution in [0.4, 0.5) is 5.95 Å². The van der Waals surface area contributed by atoms with Gasteiger partial charge in [0.05, 0.1) is 5.69 Å². The maximum absolute atomic E-state index is 6.14. The number of fused-ring (bicyclic) bond motifs is 2. The number of anilines is 1. The van der Waals surface area contributed by atoms with Gasteiger partial charge in [-0.1, -0.05) is 23.2 Å². The summed E-state index contributed by atoms with van der Waals surface area (Å²) in [6.45, 7) is 2.94. The molecule has 1 saturated heterocycles. The van der Waals surface area contributed by atoms with Crippen molar-refractivity contribution in [1.29, 1.82) is 0 Å². The molecule has 24 heavy (non-hydrogen) atoms. The van der Waals surface area contributed by atoms with Crippen LogP contribution in [0.1, 0.15) is 36.1 Å². The Bertz CT molecular complexity index is 755. The van der Waals surface area contributed by atoms with Gasteiger partial charge in [0.2, 0.25) is 5.95 Å². The molecule has 1 fully saturated rings. The molecule has 1 aliphatic carbocycles. The van der Waals surface area contributed by atoms with E-state index in [1.807, 2.05) is 18.3 Å². The highest BCUT2D eigenvalue weighted by Crippen LogP contribution is 2.44. The number of halogens is 2. The first-order valence-electron chi connectivity index (χ1n) is 8.33. The Balaban J connectivity index is 1.58. The highest BCUT2D eigenvalue weighted by atomic mass is 35.5. The third-order valence-corrected chi connectivity index (χ3v) is 5.68. The predicted octanol–water partition coefficient (Wildman–Crippen LogP) is 3.85. The summed E-state index contributed by atoms with van der Waals surface area (Å²) in [5, 5.41) is 1.38. The minimum Gasteiger partial charge on any atom is -0.368 e. The standard InChI is InChI=1S/C18H20Cl2N4/c19-14-6-12(7-15(20)8-14)10-24-5-1-3-18(11-24)4-2-13-9-22-17(21)23-16(13)18/h6-9H,1-5,10-11H2,(H2,21,22,23). The number of piperidine rings is 1. The van der Waals surface area contributed by atoms with Gasteiger partial charge in [-0.05, 0) is 61.6 Å². The number of nitrogens with zero attached hydrogens (tertiary/aromatic N) is 3. The van der Waals surface area contributed by atoms with Gasteiger partial charge in [-0.15, -0.1) is 0 Å². The Morgan fingerprint density at radius 3 is 2.75 bits per heavy atom. The summed E-state index contributed by atoms with van der Waals surface area (Å²) in [6.07, 6.45) is 6.42. The molecule has 2 aromatic rings. The van der Waals surface area contributed by atoms with Gasteiger partial charge >= 0.3 is 0 Å². The zero-order chi connectivity index (χ0) is 16.7. The lowest BCUT2D eigenvalue weighted by Crippen LogP contribution is -2.45. The number of nitrogens with two attached hydrogens (primary N) is 1. The van der Waals surface area contributed by atoms with E-state index in [-0.39, 0.29) is 5.41 Å². The number of likely N-dealkylation sites (tertiary alicyclic amines) is 1. The number of aryl methyl sites for hydroxylation is 1. The summed E-state index contributed by atoms with van der Waals surface area (Å²) in [4.78, 5) is 11.2. The minimum absolute atomic E-state index is 0.118. The third-order valence-electron chi connectivity index (χ3n) is 5.24. The fourth-order valence-electron chi connectivity index (χ4n) is 4.27. The molecule has 1 aromatic carbocycles. The van der Waals surface area contributed by atoms with Crippen molar-refractivity contribution in [3.05, 3.63) is 51.3 Å². The first-order valence-corrected chi connectivity index (χ1v) is 9.09. The molecule has 0 saturated carbocycles. The first kappa shape index (κ1) is 16.1. The van der Waals surface area contributed by atoms with Crippen molar-refractivity contribution in [3.8, 4) is 0 Å². The Morgan fingerprint density at radius 2 is 1.96 bits per heavy atom. The quantitative estimate of drug-likeness (QED) is 0.881. The molecule has 0 amide bonds. The van der Waals surface area contributed by atoms with Crippen molar-refractivity contribution in [3.63, 3.8) is 0 Å². The van der Waals surface area contributed by atoms with Crippen LogP contribution >= 0.6 is 23.2 Å². The Morgan fingerprint density at radius 1 is 1.17 bits per heavy atom. The molecule has 1 unspecified atom stereocenters. The number of hydrogen-bond donors (Lipinski definition) is 1. The lowest BCUT2D eigenvalue weighted by Gasteiger charge is -2.40. The van der Waals surface area contributed by atoms with Crippen LogP contribution in [-0.4, -0.2) is 28.0 Å². The summed E-state index contributed by atoms with van der Waals surface area (Å²) >= 11 is 12.3. The molecule has 0 bridgehead atoms. The molecule has 0 radical (unpaired) electrons. The number of aromatic nitrogens is 2. The molecule has 4 rings (SSSR count). The van der Waals surface area contributed by atoms with E-state index in [0.29, 0.717) is 16.0 Å². The average molecular weight is 363 g/mol. The molecule has 1 spiro atoms. The number of nitrogen functional groups attached to an aromatic ring is 1. The molecule has 1 aromatic heterocycles. The number of hydrogen-bond acceptors (Lipinski definition) is 4. The van der Waals surface area contributed by atoms with Crippen molar-refractivity contribution in [2.24, 2.45) is 0 Å². The van der Waals surface area contributed by atoms with E-state index < -0.39 is 0 Å². The fraction of sp³-hybridized carbons (Fsp3) is 0.444. The molecule has 2 aliphatic rings. The largest absolute Gasteiger partial charge is 0.368 e. The van der Waals surface area contributed by atoms with Gasteiger partial charge < -0.3 is 5.73 Å². The second-order valence-corrected chi connectivity index (χ2v) is 7.85. The number of rotatable bonds is 2. The van der Waals surface area contributed by atoms with Crippen LogP contribution in [0.25, 0.3) is 0 Å². The summed E-state index contributed by atoms with van der Waals surface area (Å²) < 4.78 is 0. The smallest absolute Gasteiger partial charge is 0.220 e. The molecule has 2 N–H and O–H groups in total. The maximum Gasteiger partial charge on any atom is 0.220 e. The predicted molar refractivity (Wildman–Crippen MR) is 97.4 cm³/mol. The third kappa shape index (κ3) is 2.99. The fourth-order valence-corrected chi connectivity index (χ4v) is 4.85. The van der Waals surface area contributed by atoms with E-state index in [9.17, 15) is 0 Å². The van der Waals surface area contributed by atoms with Gasteiger partial charge in [-0.25, -0.2) is 9.97 Å². The Labute approximate surface area is 152 Å². The second kappa shape index (κ2) is 6.17. The van der Waals surface area contributed by atoms with Gasteiger partial charge in [0.1, 0.15) is 0 Å². The van der Waals surface area contributed by atoms with Gasteiger partial charge in [0.15, 0.2) is 0 Å². The van der Waals surface area contributed by atoms with Gasteiger partial charge in [-0.3, -0.25) is 4.90 Å². The van der Waals surface area contributed by atoms with Crippen molar-refractivity contribution in [1.82, 2.24) is 14.9 Å². The zero-order valence-electron chi connectivity index (χ0n) is 13.4. The van der Waals surface area contributed by atoms with Gasteiger partial charge in [-0.2, -0.15) is 0 Å². The first-order chi connectivity index (χ1) is 11.5. The van der Waals surface area contributed by atoms with Crippen LogP contribution in [0.3, 0.4) is 0 Å². The van der Waals surface area contributed by atoms with Crippen LogP contribution in [-0.2, 0) is 18.4 Å². The average Bonchev–Trinajstić information content (AvgIpc) is 2.84. The van der Waals surface area contributed by atoms with Crippen molar-refractivity contribution in [2.45, 2.75) is 37.6 Å². The second-order valence-electron chi connectivity index (χ2n) is 6.97. The molecule has 4 nitrogen and oxygen atoms in total. The van der Waals surface area contributed by atoms with Crippen LogP contribution in [0.5, 0.6) is 0 Å². The summed E-state index contributed by atoms with van der Waals surface area (Å²) in [5.41, 5.74) is 9.55. The summed E-state index contributed by atoms with van der Waals surface area (Å²) in [7, 11) is 0. The van der Waals surface area contributed by atoms with Crippen LogP contribution in [0, 0.1) is 0 Å². The molecule has 1 aliphatic heterocycles. The van der Waals surface area contributed by atoms with Gasteiger partial charge in [0, 0.05) is 34.7 Å².